The molecule has 38 heavy (non-hydrogen) atoms. The molecular weight excluding hydrogens is 472 g/mol. The number of nitrogens with zero attached hydrogens (tertiary/aromatic N) is 4. The molecular formula is C32H40N4O2. The molecule has 0 aliphatic carbocycles. The van der Waals surface area contributed by atoms with Gasteiger partial charge in [0.05, 0.1) is 12.0 Å². The molecule has 1 aromatic heterocycles. The van der Waals surface area contributed by atoms with Gasteiger partial charge in [0.15, 0.2) is 0 Å². The van der Waals surface area contributed by atoms with E-state index in [9.17, 15) is 9.59 Å². The van der Waals surface area contributed by atoms with Gasteiger partial charge in [-0.3, -0.25) is 14.5 Å². The van der Waals surface area contributed by atoms with E-state index in [2.05, 4.69) is 60.4 Å². The van der Waals surface area contributed by atoms with Gasteiger partial charge in [-0.2, -0.15) is 0 Å². The van der Waals surface area contributed by atoms with Crippen molar-refractivity contribution in [3.05, 3.63) is 107 Å². The van der Waals surface area contributed by atoms with E-state index in [4.69, 9.17) is 0 Å². The Hall–Kier alpha value is -3.64. The fraction of sp³-hybridized carbons (Fsp3) is 0.375. The van der Waals surface area contributed by atoms with E-state index in [1.54, 1.807) is 11.0 Å². The van der Waals surface area contributed by atoms with E-state index in [0.29, 0.717) is 18.7 Å². The zero-order chi connectivity index (χ0) is 27.4. The quantitative estimate of drug-likeness (QED) is 0.458. The molecule has 1 saturated heterocycles. The zero-order valence-electron chi connectivity index (χ0n) is 23.4. The number of amides is 2. The highest BCUT2D eigenvalue weighted by Crippen LogP contribution is 2.44. The van der Waals surface area contributed by atoms with Gasteiger partial charge in [0.1, 0.15) is 0 Å². The lowest BCUT2D eigenvalue weighted by molar-refractivity contribution is -0.136. The number of aromatic nitrogens is 1. The van der Waals surface area contributed by atoms with Gasteiger partial charge >= 0.3 is 0 Å². The van der Waals surface area contributed by atoms with Crippen LogP contribution in [-0.2, 0) is 18.4 Å². The molecule has 2 aliphatic heterocycles. The third-order valence-corrected chi connectivity index (χ3v) is 7.93. The van der Waals surface area contributed by atoms with Crippen LogP contribution in [0.4, 0.5) is 0 Å². The topological polar surface area (TPSA) is 48.8 Å². The van der Waals surface area contributed by atoms with Gasteiger partial charge in [0.2, 0.25) is 5.91 Å². The summed E-state index contributed by atoms with van der Waals surface area (Å²) in [5, 5.41) is 0. The number of rotatable bonds is 4. The number of carbonyl (C=O) groups excluding carboxylic acids is 2. The monoisotopic (exact) mass is 512 g/mol. The van der Waals surface area contributed by atoms with Crippen molar-refractivity contribution >= 4 is 11.8 Å². The van der Waals surface area contributed by atoms with Crippen LogP contribution in [0.5, 0.6) is 0 Å². The van der Waals surface area contributed by atoms with Crippen molar-refractivity contribution in [2.45, 2.75) is 39.3 Å². The second kappa shape index (κ2) is 11.8. The van der Waals surface area contributed by atoms with Gasteiger partial charge in [-0.1, -0.05) is 54.6 Å². The molecule has 200 valence electrons. The van der Waals surface area contributed by atoms with Crippen molar-refractivity contribution in [2.24, 2.45) is 7.05 Å². The van der Waals surface area contributed by atoms with Gasteiger partial charge in [-0.25, -0.2) is 0 Å². The fourth-order valence-electron chi connectivity index (χ4n) is 5.67. The average molecular weight is 513 g/mol. The number of hydrogen-bond acceptors (Lipinski definition) is 3. The van der Waals surface area contributed by atoms with Crippen LogP contribution < -0.4 is 0 Å². The first-order valence-electron chi connectivity index (χ1n) is 13.4. The van der Waals surface area contributed by atoms with Crippen LogP contribution in [0.3, 0.4) is 0 Å². The molecule has 3 aromatic rings. The van der Waals surface area contributed by atoms with Crippen molar-refractivity contribution in [1.29, 1.82) is 0 Å². The van der Waals surface area contributed by atoms with E-state index in [1.165, 1.54) is 5.56 Å². The molecule has 0 saturated carbocycles. The summed E-state index contributed by atoms with van der Waals surface area (Å²) in [6, 6.07) is 17.8. The minimum Gasteiger partial charge on any atom is -0.354 e. The molecule has 6 nitrogen and oxygen atoms in total. The molecule has 0 spiro atoms. The summed E-state index contributed by atoms with van der Waals surface area (Å²) in [6.45, 7) is 13.4. The molecule has 3 heterocycles. The molecule has 0 radical (unpaired) electrons. The summed E-state index contributed by atoms with van der Waals surface area (Å²) in [6.07, 6.45) is 3.84. The van der Waals surface area contributed by atoms with Crippen molar-refractivity contribution in [3.8, 4) is 0 Å². The Morgan fingerprint density at radius 3 is 2.16 bits per heavy atom. The molecule has 2 aromatic carbocycles. The molecule has 2 atom stereocenters. The summed E-state index contributed by atoms with van der Waals surface area (Å²) >= 11 is 0. The van der Waals surface area contributed by atoms with Crippen molar-refractivity contribution < 1.29 is 9.59 Å². The number of aryl methyl sites for hydroxylation is 1. The Morgan fingerprint density at radius 1 is 0.947 bits per heavy atom. The lowest BCUT2D eigenvalue weighted by Gasteiger charge is -2.43. The number of piperazine rings is 1. The summed E-state index contributed by atoms with van der Waals surface area (Å²) in [7, 11) is 3.86. The summed E-state index contributed by atoms with van der Waals surface area (Å²) < 4.78 is 2.09. The van der Waals surface area contributed by atoms with Crippen LogP contribution in [0.1, 0.15) is 57.2 Å². The number of hydrogen-bond donors (Lipinski definition) is 0. The smallest absolute Gasteiger partial charge is 0.254 e. The molecule has 2 aliphatic rings. The van der Waals surface area contributed by atoms with Crippen LogP contribution in [0.2, 0.25) is 0 Å². The number of benzene rings is 2. The Morgan fingerprint density at radius 2 is 1.55 bits per heavy atom. The van der Waals surface area contributed by atoms with E-state index >= 15 is 0 Å². The highest BCUT2D eigenvalue weighted by Gasteiger charge is 2.45. The van der Waals surface area contributed by atoms with Crippen LogP contribution in [0.25, 0.3) is 0 Å². The minimum atomic E-state index is -0.421. The summed E-state index contributed by atoms with van der Waals surface area (Å²) in [5.41, 5.74) is 6.12. The van der Waals surface area contributed by atoms with Gasteiger partial charge < -0.3 is 14.4 Å². The van der Waals surface area contributed by atoms with E-state index in [1.807, 2.05) is 56.3 Å². The lowest BCUT2D eigenvalue weighted by atomic mass is 9.78. The number of likely N-dealkylation sites (N-methyl/N-ethyl adjacent to an activating group) is 1. The Labute approximate surface area is 227 Å². The molecule has 5 rings (SSSR count). The Balaban J connectivity index is 0.00000107. The van der Waals surface area contributed by atoms with Gasteiger partial charge in [-0.15, -0.1) is 6.58 Å². The normalized spacial score (nSPS) is 19.4. The van der Waals surface area contributed by atoms with Gasteiger partial charge in [0.25, 0.3) is 5.91 Å². The first-order chi connectivity index (χ1) is 18.3. The maximum Gasteiger partial charge on any atom is 0.254 e. The average Bonchev–Trinajstić information content (AvgIpc) is 3.18. The Kier molecular flexibility index (Phi) is 8.52. The fourth-order valence-corrected chi connectivity index (χ4v) is 5.67. The van der Waals surface area contributed by atoms with E-state index < -0.39 is 5.92 Å². The molecule has 2 unspecified atom stereocenters. The molecule has 0 N–H and O–H groups in total. The molecule has 1 fully saturated rings. The number of fused-ring (bicyclic) bond motifs is 1. The summed E-state index contributed by atoms with van der Waals surface area (Å²) in [4.78, 5) is 33.7. The van der Waals surface area contributed by atoms with Crippen molar-refractivity contribution in [2.75, 3.05) is 33.2 Å². The standard InChI is InChI=1S/C29H34N4O2.C3H6/c1-20-21(2)30(3)19-25(20)27-26(23-12-8-9-13-24(23)28(34)31(27)4)29(35)33-16-14-32(15-17-33)18-22-10-6-5-7-11-22;1-3-2/h5-13,19,26-27H,14-18H2,1-4H3;3H,1H2,2H3. The number of carbonyl (C=O) groups is 2. The molecule has 0 bridgehead atoms. The predicted octanol–water partition coefficient (Wildman–Crippen LogP) is 5.09. The van der Waals surface area contributed by atoms with E-state index in [-0.39, 0.29) is 17.9 Å². The third kappa shape index (κ3) is 5.32. The maximum absolute atomic E-state index is 14.2. The van der Waals surface area contributed by atoms with Crippen molar-refractivity contribution in [1.82, 2.24) is 19.3 Å². The highest BCUT2D eigenvalue weighted by molar-refractivity contribution is 6.01. The predicted molar refractivity (Wildman–Crippen MR) is 153 cm³/mol. The first-order valence-corrected chi connectivity index (χ1v) is 13.4. The van der Waals surface area contributed by atoms with E-state index in [0.717, 1.165) is 42.0 Å². The second-order valence-electron chi connectivity index (χ2n) is 10.3. The largest absolute Gasteiger partial charge is 0.354 e. The molecule has 2 amide bonds. The van der Waals surface area contributed by atoms with Crippen LogP contribution in [-0.4, -0.2) is 64.3 Å². The van der Waals surface area contributed by atoms with Crippen LogP contribution in [0.15, 0.2) is 73.4 Å². The summed E-state index contributed by atoms with van der Waals surface area (Å²) in [5.74, 6) is -0.333. The minimum absolute atomic E-state index is 0.0248. The maximum atomic E-state index is 14.2. The SMILES string of the molecule is C=CC.Cc1c(C2C(C(=O)N3CCN(Cc4ccccc4)CC3)c3ccccc3C(=O)N2C)cn(C)c1C. The third-order valence-electron chi connectivity index (χ3n) is 7.93. The van der Waals surface area contributed by atoms with Crippen LogP contribution in [0, 0.1) is 13.8 Å². The lowest BCUT2D eigenvalue weighted by Crippen LogP contribution is -2.52. The molecule has 6 heteroatoms. The first kappa shape index (κ1) is 27.4. The number of allylic oxidation sites excluding steroid dienone is 1. The Bertz CT molecular complexity index is 1290. The second-order valence-corrected chi connectivity index (χ2v) is 10.3. The van der Waals surface area contributed by atoms with Gasteiger partial charge in [0, 0.05) is 64.3 Å². The highest BCUT2D eigenvalue weighted by atomic mass is 16.2. The van der Waals surface area contributed by atoms with Crippen molar-refractivity contribution in [3.63, 3.8) is 0 Å². The van der Waals surface area contributed by atoms with Crippen LogP contribution >= 0.6 is 0 Å². The van der Waals surface area contributed by atoms with Gasteiger partial charge in [-0.05, 0) is 49.1 Å². The zero-order valence-corrected chi connectivity index (χ0v) is 23.4.